The topological polar surface area (TPSA) is 73.6 Å². The highest BCUT2D eigenvalue weighted by molar-refractivity contribution is 5.98. The fourth-order valence-corrected chi connectivity index (χ4v) is 1.73. The van der Waals surface area contributed by atoms with Crippen molar-refractivity contribution in [3.8, 4) is 0 Å². The Bertz CT molecular complexity index is 430. The Morgan fingerprint density at radius 1 is 1.39 bits per heavy atom. The molecule has 0 atom stereocenters. The predicted molar refractivity (Wildman–Crippen MR) is 71.8 cm³/mol. The van der Waals surface area contributed by atoms with Crippen molar-refractivity contribution in [1.29, 1.82) is 0 Å². The zero-order chi connectivity index (χ0) is 13.8. The van der Waals surface area contributed by atoms with E-state index in [1.807, 2.05) is 13.8 Å². The Morgan fingerprint density at radius 2 is 2.06 bits per heavy atom. The molecular formula is C13H20N2O3. The SMILES string of the molecule is COCC(C)(C)Nc1c(N)cccc1C(=O)OC. The minimum Gasteiger partial charge on any atom is -0.465 e. The molecule has 1 aromatic carbocycles. The van der Waals surface area contributed by atoms with E-state index in [0.29, 0.717) is 23.5 Å². The second-order valence-electron chi connectivity index (χ2n) is 4.70. The molecule has 18 heavy (non-hydrogen) atoms. The first-order valence-corrected chi connectivity index (χ1v) is 5.65. The number of anilines is 2. The van der Waals surface area contributed by atoms with Gasteiger partial charge in [-0.05, 0) is 26.0 Å². The quantitative estimate of drug-likeness (QED) is 0.618. The zero-order valence-electron chi connectivity index (χ0n) is 11.2. The van der Waals surface area contributed by atoms with Crippen LogP contribution in [0.15, 0.2) is 18.2 Å². The summed E-state index contributed by atoms with van der Waals surface area (Å²) in [7, 11) is 2.97. The van der Waals surface area contributed by atoms with Crippen LogP contribution in [-0.2, 0) is 9.47 Å². The first-order chi connectivity index (χ1) is 8.41. The molecule has 0 amide bonds. The number of nitrogens with one attached hydrogen (secondary N) is 1. The maximum Gasteiger partial charge on any atom is 0.340 e. The van der Waals surface area contributed by atoms with Crippen molar-refractivity contribution >= 4 is 17.3 Å². The van der Waals surface area contributed by atoms with Crippen LogP contribution in [0.25, 0.3) is 0 Å². The molecule has 0 heterocycles. The van der Waals surface area contributed by atoms with E-state index >= 15 is 0 Å². The highest BCUT2D eigenvalue weighted by Gasteiger charge is 2.22. The summed E-state index contributed by atoms with van der Waals surface area (Å²) in [5.41, 5.74) is 7.06. The summed E-state index contributed by atoms with van der Waals surface area (Å²) in [5.74, 6) is -0.419. The van der Waals surface area contributed by atoms with Crippen molar-refractivity contribution in [2.75, 3.05) is 31.9 Å². The molecule has 0 fully saturated rings. The minimum absolute atomic E-state index is 0.340. The van der Waals surface area contributed by atoms with Crippen molar-refractivity contribution in [2.45, 2.75) is 19.4 Å². The lowest BCUT2D eigenvalue weighted by Crippen LogP contribution is -2.36. The van der Waals surface area contributed by atoms with E-state index in [-0.39, 0.29) is 5.54 Å². The number of nitrogens with two attached hydrogens (primary N) is 1. The Kier molecular flexibility index (Phi) is 4.55. The van der Waals surface area contributed by atoms with Gasteiger partial charge < -0.3 is 20.5 Å². The molecule has 0 spiro atoms. The Balaban J connectivity index is 3.10. The summed E-state index contributed by atoms with van der Waals surface area (Å²) < 4.78 is 9.87. The number of hydrogen-bond acceptors (Lipinski definition) is 5. The molecule has 1 aromatic rings. The number of ether oxygens (including phenoxy) is 2. The van der Waals surface area contributed by atoms with Gasteiger partial charge in [-0.15, -0.1) is 0 Å². The molecule has 1 rings (SSSR count). The van der Waals surface area contributed by atoms with E-state index in [9.17, 15) is 4.79 Å². The van der Waals surface area contributed by atoms with Crippen LogP contribution in [0.3, 0.4) is 0 Å². The van der Waals surface area contributed by atoms with Gasteiger partial charge in [-0.25, -0.2) is 4.79 Å². The molecule has 0 bridgehead atoms. The van der Waals surface area contributed by atoms with Gasteiger partial charge in [-0.1, -0.05) is 6.07 Å². The molecule has 0 aliphatic carbocycles. The normalized spacial score (nSPS) is 11.1. The lowest BCUT2D eigenvalue weighted by molar-refractivity contribution is 0.0601. The average Bonchev–Trinajstić information content (AvgIpc) is 2.30. The molecule has 0 aliphatic rings. The zero-order valence-corrected chi connectivity index (χ0v) is 11.2. The van der Waals surface area contributed by atoms with Crippen LogP contribution in [0.4, 0.5) is 11.4 Å². The number of carbonyl (C=O) groups is 1. The molecule has 3 N–H and O–H groups in total. The summed E-state index contributed by atoms with van der Waals surface area (Å²) >= 11 is 0. The molecule has 0 unspecified atom stereocenters. The van der Waals surface area contributed by atoms with Crippen molar-refractivity contribution in [3.63, 3.8) is 0 Å². The van der Waals surface area contributed by atoms with E-state index in [4.69, 9.17) is 15.2 Å². The van der Waals surface area contributed by atoms with Gasteiger partial charge in [0.1, 0.15) is 0 Å². The van der Waals surface area contributed by atoms with Crippen LogP contribution in [0.2, 0.25) is 0 Å². The number of hydrogen-bond donors (Lipinski definition) is 2. The highest BCUT2D eigenvalue weighted by Crippen LogP contribution is 2.27. The van der Waals surface area contributed by atoms with Gasteiger partial charge in [-0.2, -0.15) is 0 Å². The van der Waals surface area contributed by atoms with E-state index < -0.39 is 5.97 Å². The van der Waals surface area contributed by atoms with Gasteiger partial charge in [0.2, 0.25) is 0 Å². The van der Waals surface area contributed by atoms with Crippen LogP contribution in [0.5, 0.6) is 0 Å². The Labute approximate surface area is 107 Å². The van der Waals surface area contributed by atoms with Crippen molar-refractivity contribution in [1.82, 2.24) is 0 Å². The number of para-hydroxylation sites is 1. The van der Waals surface area contributed by atoms with E-state index in [0.717, 1.165) is 0 Å². The number of esters is 1. The first kappa shape index (κ1) is 14.3. The van der Waals surface area contributed by atoms with E-state index in [2.05, 4.69) is 5.32 Å². The minimum atomic E-state index is -0.419. The Hall–Kier alpha value is -1.75. The van der Waals surface area contributed by atoms with Crippen LogP contribution < -0.4 is 11.1 Å². The summed E-state index contributed by atoms with van der Waals surface area (Å²) in [6.45, 7) is 4.41. The van der Waals surface area contributed by atoms with Crippen molar-refractivity contribution in [2.24, 2.45) is 0 Å². The van der Waals surface area contributed by atoms with Gasteiger partial charge >= 0.3 is 5.97 Å². The van der Waals surface area contributed by atoms with Crippen LogP contribution in [-0.4, -0.2) is 32.3 Å². The molecule has 0 aromatic heterocycles. The molecular weight excluding hydrogens is 232 g/mol. The van der Waals surface area contributed by atoms with Gasteiger partial charge in [0.15, 0.2) is 0 Å². The summed E-state index contributed by atoms with van der Waals surface area (Å²) in [6.07, 6.45) is 0. The number of carbonyl (C=O) groups excluding carboxylic acids is 1. The predicted octanol–water partition coefficient (Wildman–Crippen LogP) is 1.89. The number of rotatable bonds is 5. The maximum absolute atomic E-state index is 11.7. The second-order valence-corrected chi connectivity index (χ2v) is 4.70. The molecule has 5 nitrogen and oxygen atoms in total. The van der Waals surface area contributed by atoms with Gasteiger partial charge in [0, 0.05) is 7.11 Å². The fraction of sp³-hybridized carbons (Fsp3) is 0.462. The van der Waals surface area contributed by atoms with Gasteiger partial charge in [0.05, 0.1) is 36.2 Å². The molecule has 100 valence electrons. The number of nitrogen functional groups attached to an aromatic ring is 1. The fourth-order valence-electron chi connectivity index (χ4n) is 1.73. The molecule has 0 saturated heterocycles. The lowest BCUT2D eigenvalue weighted by atomic mass is 10.0. The maximum atomic E-state index is 11.7. The molecule has 5 heteroatoms. The third kappa shape index (κ3) is 3.37. The summed E-state index contributed by atoms with van der Waals surface area (Å²) in [5, 5.41) is 3.22. The van der Waals surface area contributed by atoms with E-state index in [1.54, 1.807) is 25.3 Å². The molecule has 0 aliphatic heterocycles. The smallest absolute Gasteiger partial charge is 0.340 e. The number of benzene rings is 1. The van der Waals surface area contributed by atoms with Crippen LogP contribution >= 0.6 is 0 Å². The summed E-state index contributed by atoms with van der Waals surface area (Å²) in [4.78, 5) is 11.7. The standard InChI is InChI=1S/C13H20N2O3/c1-13(2,8-17-3)15-11-9(12(16)18-4)6-5-7-10(11)14/h5-7,15H,8,14H2,1-4H3. The molecule has 0 saturated carbocycles. The first-order valence-electron chi connectivity index (χ1n) is 5.65. The lowest BCUT2D eigenvalue weighted by Gasteiger charge is -2.28. The van der Waals surface area contributed by atoms with Crippen LogP contribution in [0, 0.1) is 0 Å². The Morgan fingerprint density at radius 3 is 2.61 bits per heavy atom. The average molecular weight is 252 g/mol. The van der Waals surface area contributed by atoms with Crippen LogP contribution in [0.1, 0.15) is 24.2 Å². The highest BCUT2D eigenvalue weighted by atomic mass is 16.5. The van der Waals surface area contributed by atoms with Crippen molar-refractivity contribution in [3.05, 3.63) is 23.8 Å². The molecule has 0 radical (unpaired) electrons. The van der Waals surface area contributed by atoms with Gasteiger partial charge in [0.25, 0.3) is 0 Å². The summed E-state index contributed by atoms with van der Waals surface area (Å²) in [6, 6.07) is 5.13. The van der Waals surface area contributed by atoms with Crippen molar-refractivity contribution < 1.29 is 14.3 Å². The largest absolute Gasteiger partial charge is 0.465 e. The third-order valence-corrected chi connectivity index (χ3v) is 2.47. The van der Waals surface area contributed by atoms with Gasteiger partial charge in [-0.3, -0.25) is 0 Å². The third-order valence-electron chi connectivity index (χ3n) is 2.47. The second kappa shape index (κ2) is 5.73. The monoisotopic (exact) mass is 252 g/mol. The van der Waals surface area contributed by atoms with E-state index in [1.165, 1.54) is 7.11 Å². The number of methoxy groups -OCH3 is 2.